The van der Waals surface area contributed by atoms with Gasteiger partial charge in [0.2, 0.25) is 5.88 Å². The second-order valence-electron chi connectivity index (χ2n) is 8.67. The summed E-state index contributed by atoms with van der Waals surface area (Å²) < 4.78 is 72.7. The number of rotatable bonds is 7. The van der Waals surface area contributed by atoms with Crippen LogP contribution in [0.1, 0.15) is 30.2 Å². The SMILES string of the molecule is CN/C=C(\C(=N)C(=O)N1CC(F)(F)CC(C)C1COc1ccc(C(F)(F)F)cn1)c1ccc(C)cn1. The Morgan fingerprint density at radius 3 is 2.53 bits per heavy atom. The Bertz CT molecular complexity index is 1120. The van der Waals surface area contributed by atoms with Crippen molar-refractivity contribution in [2.75, 3.05) is 20.2 Å². The van der Waals surface area contributed by atoms with E-state index < -0.39 is 54.2 Å². The molecule has 12 heteroatoms. The number of aromatic nitrogens is 2. The maximum Gasteiger partial charge on any atom is 0.417 e. The van der Waals surface area contributed by atoms with Crippen LogP contribution in [-0.2, 0) is 11.0 Å². The summed E-state index contributed by atoms with van der Waals surface area (Å²) in [6.45, 7) is 2.13. The molecule has 1 amide bonds. The number of ether oxygens (including phenoxy) is 1. The van der Waals surface area contributed by atoms with Crippen LogP contribution < -0.4 is 10.1 Å². The highest BCUT2D eigenvalue weighted by atomic mass is 19.4. The molecular weight excluding hydrogens is 485 g/mol. The molecule has 0 saturated carbocycles. The minimum atomic E-state index is -4.57. The molecule has 1 aliphatic heterocycles. The molecular formula is C24H26F5N5O2. The van der Waals surface area contributed by atoms with Gasteiger partial charge < -0.3 is 15.0 Å². The van der Waals surface area contributed by atoms with E-state index in [1.165, 1.54) is 13.1 Å². The van der Waals surface area contributed by atoms with E-state index in [4.69, 9.17) is 10.1 Å². The summed E-state index contributed by atoms with van der Waals surface area (Å²) in [4.78, 5) is 22.1. The van der Waals surface area contributed by atoms with Gasteiger partial charge in [-0.05, 0) is 30.5 Å². The van der Waals surface area contributed by atoms with Crippen molar-refractivity contribution >= 4 is 17.2 Å². The van der Waals surface area contributed by atoms with E-state index >= 15 is 0 Å². The second-order valence-corrected chi connectivity index (χ2v) is 8.67. The van der Waals surface area contributed by atoms with Crippen molar-refractivity contribution in [2.45, 2.75) is 38.4 Å². The molecule has 36 heavy (non-hydrogen) atoms. The quantitative estimate of drug-likeness (QED) is 0.427. The highest BCUT2D eigenvalue weighted by molar-refractivity contribution is 6.54. The molecule has 2 atom stereocenters. The largest absolute Gasteiger partial charge is 0.475 e. The molecule has 1 saturated heterocycles. The standard InChI is InChI=1S/C24H26F5N5O2/c1-14-4-6-18(32-9-14)17(11-31-3)21(30)22(35)34-13-23(25,26)8-15(2)19(34)12-36-20-7-5-16(10-33-20)24(27,28)29/h4-7,9-11,15,19,30-31H,8,12-13H2,1-3H3/b17-11-,30-21?. The van der Waals surface area contributed by atoms with E-state index in [9.17, 15) is 26.7 Å². The van der Waals surface area contributed by atoms with Gasteiger partial charge in [-0.3, -0.25) is 15.2 Å². The molecule has 2 N–H and O–H groups in total. The number of nitrogens with one attached hydrogen (secondary N) is 2. The molecule has 1 fully saturated rings. The summed E-state index contributed by atoms with van der Waals surface area (Å²) in [5.74, 6) is -5.00. The van der Waals surface area contributed by atoms with Crippen molar-refractivity contribution in [3.05, 3.63) is 59.7 Å². The monoisotopic (exact) mass is 511 g/mol. The number of nitrogens with zero attached hydrogens (tertiary/aromatic N) is 3. The topological polar surface area (TPSA) is 91.2 Å². The molecule has 0 aliphatic carbocycles. The van der Waals surface area contributed by atoms with Crippen molar-refractivity contribution < 1.29 is 31.5 Å². The number of amides is 1. The van der Waals surface area contributed by atoms with Crippen LogP contribution in [-0.4, -0.2) is 58.7 Å². The van der Waals surface area contributed by atoms with Crippen LogP contribution in [0.4, 0.5) is 22.0 Å². The average molecular weight is 511 g/mol. The van der Waals surface area contributed by atoms with Gasteiger partial charge in [0.15, 0.2) is 0 Å². The molecule has 2 aromatic rings. The number of likely N-dealkylation sites (tertiary alicyclic amines) is 1. The zero-order valence-electron chi connectivity index (χ0n) is 19.9. The number of pyridine rings is 2. The lowest BCUT2D eigenvalue weighted by atomic mass is 9.88. The van der Waals surface area contributed by atoms with Crippen LogP contribution in [0.5, 0.6) is 5.88 Å². The number of aryl methyl sites for hydroxylation is 1. The predicted octanol–water partition coefficient (Wildman–Crippen LogP) is 4.34. The normalized spacial score (nSPS) is 20.1. The molecule has 0 radical (unpaired) electrons. The Kier molecular flexibility index (Phi) is 7.95. The zero-order valence-corrected chi connectivity index (χ0v) is 19.9. The molecule has 2 unspecified atom stereocenters. The van der Waals surface area contributed by atoms with E-state index in [2.05, 4.69) is 15.3 Å². The third-order valence-electron chi connectivity index (χ3n) is 5.77. The van der Waals surface area contributed by atoms with Crippen molar-refractivity contribution in [1.29, 1.82) is 5.41 Å². The van der Waals surface area contributed by atoms with E-state index in [-0.39, 0.29) is 18.1 Å². The van der Waals surface area contributed by atoms with E-state index in [0.717, 1.165) is 22.6 Å². The number of hydrogen-bond acceptors (Lipinski definition) is 6. The van der Waals surface area contributed by atoms with Crippen LogP contribution in [0, 0.1) is 18.3 Å². The van der Waals surface area contributed by atoms with Gasteiger partial charge in [-0.2, -0.15) is 13.2 Å². The third-order valence-corrected chi connectivity index (χ3v) is 5.77. The number of carbonyl (C=O) groups is 1. The van der Waals surface area contributed by atoms with Crippen molar-refractivity contribution in [1.82, 2.24) is 20.2 Å². The smallest absolute Gasteiger partial charge is 0.417 e. The van der Waals surface area contributed by atoms with E-state index in [1.54, 1.807) is 25.4 Å². The van der Waals surface area contributed by atoms with Crippen LogP contribution in [0.25, 0.3) is 5.57 Å². The van der Waals surface area contributed by atoms with Gasteiger partial charge in [-0.25, -0.2) is 13.8 Å². The fourth-order valence-electron chi connectivity index (χ4n) is 3.93. The summed E-state index contributed by atoms with van der Waals surface area (Å²) in [6.07, 6.45) is -1.53. The Morgan fingerprint density at radius 1 is 1.25 bits per heavy atom. The van der Waals surface area contributed by atoms with Gasteiger partial charge in [-0.1, -0.05) is 13.0 Å². The van der Waals surface area contributed by atoms with E-state index in [0.29, 0.717) is 11.9 Å². The van der Waals surface area contributed by atoms with Gasteiger partial charge in [0, 0.05) is 43.7 Å². The first-order valence-electron chi connectivity index (χ1n) is 11.1. The number of halogens is 5. The van der Waals surface area contributed by atoms with E-state index in [1.807, 2.05) is 6.92 Å². The van der Waals surface area contributed by atoms with Gasteiger partial charge >= 0.3 is 6.18 Å². The first-order valence-corrected chi connectivity index (χ1v) is 11.1. The van der Waals surface area contributed by atoms with Crippen molar-refractivity contribution in [2.24, 2.45) is 5.92 Å². The first-order chi connectivity index (χ1) is 16.8. The first kappa shape index (κ1) is 27.0. The van der Waals surface area contributed by atoms with Crippen LogP contribution in [0.2, 0.25) is 0 Å². The molecule has 194 valence electrons. The summed E-state index contributed by atoms with van der Waals surface area (Å²) >= 11 is 0. The summed E-state index contributed by atoms with van der Waals surface area (Å²) in [6, 6.07) is 4.31. The maximum atomic E-state index is 14.5. The lowest BCUT2D eigenvalue weighted by Gasteiger charge is -2.43. The van der Waals surface area contributed by atoms with Crippen molar-refractivity contribution in [3.8, 4) is 5.88 Å². The average Bonchev–Trinajstić information content (AvgIpc) is 2.80. The lowest BCUT2D eigenvalue weighted by Crippen LogP contribution is -2.58. The Labute approximate surface area is 204 Å². The molecule has 0 spiro atoms. The molecule has 1 aliphatic rings. The fraction of sp³-hybridized carbons (Fsp3) is 0.417. The van der Waals surface area contributed by atoms with Crippen LogP contribution >= 0.6 is 0 Å². The minimum Gasteiger partial charge on any atom is -0.475 e. The molecule has 3 rings (SSSR count). The predicted molar refractivity (Wildman–Crippen MR) is 123 cm³/mol. The zero-order chi connectivity index (χ0) is 26.7. The molecule has 2 aromatic heterocycles. The summed E-state index contributed by atoms with van der Waals surface area (Å²) in [5, 5.41) is 11.2. The van der Waals surface area contributed by atoms with Gasteiger partial charge in [0.1, 0.15) is 12.3 Å². The summed E-state index contributed by atoms with van der Waals surface area (Å²) in [7, 11) is 1.57. The number of piperidine rings is 1. The van der Waals surface area contributed by atoms with Gasteiger partial charge in [0.05, 0.1) is 23.8 Å². The molecule has 0 bridgehead atoms. The third kappa shape index (κ3) is 6.35. The maximum absolute atomic E-state index is 14.5. The number of hydrogen-bond donors (Lipinski definition) is 2. The highest BCUT2D eigenvalue weighted by Gasteiger charge is 2.47. The van der Waals surface area contributed by atoms with Gasteiger partial charge in [-0.15, -0.1) is 0 Å². The molecule has 0 aromatic carbocycles. The van der Waals surface area contributed by atoms with Crippen LogP contribution in [0.3, 0.4) is 0 Å². The second kappa shape index (κ2) is 10.6. The Balaban J connectivity index is 1.84. The summed E-state index contributed by atoms with van der Waals surface area (Å²) in [5.41, 5.74) is -0.207. The van der Waals surface area contributed by atoms with Crippen molar-refractivity contribution in [3.63, 3.8) is 0 Å². The Morgan fingerprint density at radius 2 is 1.97 bits per heavy atom. The minimum absolute atomic E-state index is 0.119. The molecule has 3 heterocycles. The molecule has 7 nitrogen and oxygen atoms in total. The number of carbonyl (C=O) groups excluding carboxylic acids is 1. The number of alkyl halides is 5. The fourth-order valence-corrected chi connectivity index (χ4v) is 3.93. The lowest BCUT2D eigenvalue weighted by molar-refractivity contribution is -0.148. The highest BCUT2D eigenvalue weighted by Crippen LogP contribution is 2.35. The van der Waals surface area contributed by atoms with Crippen LogP contribution in [0.15, 0.2) is 42.9 Å². The van der Waals surface area contributed by atoms with Gasteiger partial charge in [0.25, 0.3) is 11.8 Å². The Hall–Kier alpha value is -3.57.